The summed E-state index contributed by atoms with van der Waals surface area (Å²) in [4.78, 5) is 27.6. The fourth-order valence-electron chi connectivity index (χ4n) is 12.0. The molecule has 0 unspecified atom stereocenters. The van der Waals surface area contributed by atoms with Gasteiger partial charge in [0.2, 0.25) is 0 Å². The fourth-order valence-corrected chi connectivity index (χ4v) is 12.0. The number of aliphatic hydroxyl groups excluding tert-OH is 1. The van der Waals surface area contributed by atoms with Crippen molar-refractivity contribution in [2.24, 2.45) is 62.6 Å². The third-order valence-electron chi connectivity index (χ3n) is 15.8. The van der Waals surface area contributed by atoms with Gasteiger partial charge >= 0.3 is 5.97 Å². The van der Waals surface area contributed by atoms with Crippen LogP contribution >= 0.6 is 0 Å². The van der Waals surface area contributed by atoms with Crippen LogP contribution in [-0.2, 0) is 23.8 Å². The molecule has 0 amide bonds. The Balaban J connectivity index is 1.61. The third kappa shape index (κ3) is 5.05. The third-order valence-corrected chi connectivity index (χ3v) is 15.8. The van der Waals surface area contributed by atoms with Gasteiger partial charge in [-0.3, -0.25) is 9.59 Å². The number of rotatable bonds is 9. The minimum absolute atomic E-state index is 0.0970. The Morgan fingerprint density at radius 3 is 2.34 bits per heavy atom. The van der Waals surface area contributed by atoms with Crippen molar-refractivity contribution in [1.29, 1.82) is 0 Å². The Morgan fingerprint density at radius 2 is 1.79 bits per heavy atom. The molecule has 266 valence electrons. The van der Waals surface area contributed by atoms with Gasteiger partial charge in [0, 0.05) is 34.6 Å². The number of aliphatic hydroxyl groups is 1. The number of ketones is 1. The van der Waals surface area contributed by atoms with Gasteiger partial charge < -0.3 is 24.6 Å². The summed E-state index contributed by atoms with van der Waals surface area (Å²) >= 11 is 0. The van der Waals surface area contributed by atoms with Crippen LogP contribution in [0.3, 0.4) is 0 Å². The number of nitrogens with one attached hydrogen (secondary N) is 1. The summed E-state index contributed by atoms with van der Waals surface area (Å²) in [5.41, 5.74) is -1.32. The molecule has 5 rings (SSSR count). The number of carbonyl (C=O) groups excluding carboxylic acids is 2. The van der Waals surface area contributed by atoms with E-state index in [0.717, 1.165) is 25.7 Å². The molecule has 0 spiro atoms. The number of ether oxygens (including phenoxy) is 3. The molecule has 5 aliphatic rings. The largest absolute Gasteiger partial charge is 0.513 e. The van der Waals surface area contributed by atoms with Crippen molar-refractivity contribution in [1.82, 2.24) is 5.32 Å². The first-order valence-corrected chi connectivity index (χ1v) is 18.4. The van der Waals surface area contributed by atoms with Gasteiger partial charge in [-0.25, -0.2) is 0 Å². The van der Waals surface area contributed by atoms with Gasteiger partial charge in [0.15, 0.2) is 5.78 Å². The van der Waals surface area contributed by atoms with Crippen molar-refractivity contribution >= 4 is 11.8 Å². The second kappa shape index (κ2) is 12.0. The quantitative estimate of drug-likeness (QED) is 0.194. The Labute approximate surface area is 285 Å². The van der Waals surface area contributed by atoms with Crippen LogP contribution in [0.4, 0.5) is 0 Å². The maximum Gasteiger partial charge on any atom is 0.302 e. The van der Waals surface area contributed by atoms with Crippen molar-refractivity contribution in [2.75, 3.05) is 26.9 Å². The van der Waals surface area contributed by atoms with E-state index in [1.165, 1.54) is 12.5 Å². The molecule has 7 nitrogen and oxygen atoms in total. The number of likely N-dealkylation sites (N-methyl/N-ethyl adjacent to an activating group) is 1. The van der Waals surface area contributed by atoms with E-state index in [4.69, 9.17) is 14.2 Å². The monoisotopic (exact) mass is 655 g/mol. The molecule has 0 aromatic carbocycles. The molecule has 0 aromatic rings. The van der Waals surface area contributed by atoms with E-state index >= 15 is 0 Å². The summed E-state index contributed by atoms with van der Waals surface area (Å²) in [6, 6.07) is 0. The van der Waals surface area contributed by atoms with Gasteiger partial charge in [0.05, 0.1) is 25.6 Å². The van der Waals surface area contributed by atoms with E-state index in [0.29, 0.717) is 44.0 Å². The summed E-state index contributed by atoms with van der Waals surface area (Å²) in [6.45, 7) is 29.5. The lowest BCUT2D eigenvalue weighted by molar-refractivity contribution is -0.268. The highest BCUT2D eigenvalue weighted by Gasteiger charge is 2.73. The second-order valence-electron chi connectivity index (χ2n) is 18.3. The van der Waals surface area contributed by atoms with E-state index in [9.17, 15) is 14.7 Å². The van der Waals surface area contributed by atoms with Gasteiger partial charge in [-0.1, -0.05) is 74.5 Å². The van der Waals surface area contributed by atoms with E-state index in [-0.39, 0.29) is 57.7 Å². The summed E-state index contributed by atoms with van der Waals surface area (Å²) in [5.74, 6) is 1.00. The zero-order valence-electron chi connectivity index (χ0n) is 31.5. The lowest BCUT2D eigenvalue weighted by Gasteiger charge is -2.71. The van der Waals surface area contributed by atoms with Crippen LogP contribution in [0.5, 0.6) is 0 Å². The molecular weight excluding hydrogens is 590 g/mol. The number of hydrogen-bond donors (Lipinski definition) is 2. The SMILES string of the molecule is C=C(O)[C@@H]1[C@@](C)([C@H](C)C(C)C)CC[C@]2(C)[C@H]3CC[C@@H]4[C@@]5(COC[C@]4(C)[C@@H](OC[C@](C)(NC)C(C)C)[C@H](OC(C)=O)C5)C3=CC(=O)[C@@]12C. The zero-order valence-corrected chi connectivity index (χ0v) is 31.5. The predicted octanol–water partition coefficient (Wildman–Crippen LogP) is 7.69. The maximum atomic E-state index is 15.0. The van der Waals surface area contributed by atoms with E-state index < -0.39 is 22.3 Å². The minimum atomic E-state index is -0.796. The highest BCUT2D eigenvalue weighted by Crippen LogP contribution is 2.74. The average molecular weight is 656 g/mol. The molecule has 3 saturated carbocycles. The van der Waals surface area contributed by atoms with Crippen molar-refractivity contribution in [3.8, 4) is 0 Å². The van der Waals surface area contributed by atoms with Crippen molar-refractivity contribution in [2.45, 2.75) is 126 Å². The summed E-state index contributed by atoms with van der Waals surface area (Å²) in [6.07, 6.45) is 5.57. The maximum absolute atomic E-state index is 15.0. The standard InChI is InChI=1S/C40H65NO6/c1-23(2)25(5)35(8)16-17-37(10)28-14-15-31-36(9)20-45-22-40(31,29(28)18-32(44)39(37,12)33(35)26(6)42)19-30(47-27(7)43)34(36)46-21-38(11,41-13)24(3)4/h18,23-25,28,30-31,33-34,41-42H,6,14-17,19-22H2,1-5,7-13H3/t25-,28+,30-,31+,33-,34+,35-,36+,37-,38+,39+,40+/m1/s1. The molecule has 2 bridgehead atoms. The van der Waals surface area contributed by atoms with Crippen LogP contribution in [0, 0.1) is 62.6 Å². The molecule has 4 fully saturated rings. The number of allylic oxidation sites excluding steroid dienone is 2. The molecule has 1 heterocycles. The van der Waals surface area contributed by atoms with E-state index in [1.54, 1.807) is 0 Å². The van der Waals surface area contributed by atoms with Crippen LogP contribution in [0.15, 0.2) is 24.0 Å². The van der Waals surface area contributed by atoms with Crippen molar-refractivity contribution in [3.05, 3.63) is 24.0 Å². The van der Waals surface area contributed by atoms with Crippen molar-refractivity contribution in [3.63, 3.8) is 0 Å². The van der Waals surface area contributed by atoms with Gasteiger partial charge in [0.25, 0.3) is 0 Å². The highest BCUT2D eigenvalue weighted by molar-refractivity contribution is 5.98. The van der Waals surface area contributed by atoms with Gasteiger partial charge in [-0.2, -0.15) is 0 Å². The van der Waals surface area contributed by atoms with Crippen LogP contribution in [-0.4, -0.2) is 61.5 Å². The number of carbonyl (C=O) groups is 2. The summed E-state index contributed by atoms with van der Waals surface area (Å²) < 4.78 is 19.7. The molecule has 47 heavy (non-hydrogen) atoms. The van der Waals surface area contributed by atoms with Crippen LogP contribution in [0.2, 0.25) is 0 Å². The topological polar surface area (TPSA) is 94.1 Å². The number of esters is 1. The Kier molecular flexibility index (Phi) is 9.32. The summed E-state index contributed by atoms with van der Waals surface area (Å²) in [5, 5.41) is 14.9. The van der Waals surface area contributed by atoms with Gasteiger partial charge in [-0.15, -0.1) is 0 Å². The van der Waals surface area contributed by atoms with Crippen LogP contribution in [0.25, 0.3) is 0 Å². The molecule has 4 aliphatic carbocycles. The van der Waals surface area contributed by atoms with E-state index in [1.807, 2.05) is 13.1 Å². The normalized spacial score (nSPS) is 44.9. The Hall–Kier alpha value is -1.70. The molecule has 0 radical (unpaired) electrons. The lowest BCUT2D eigenvalue weighted by Crippen LogP contribution is -2.71. The molecule has 7 heteroatoms. The minimum Gasteiger partial charge on any atom is -0.513 e. The Bertz CT molecular complexity index is 1310. The first-order valence-electron chi connectivity index (χ1n) is 18.4. The van der Waals surface area contributed by atoms with Crippen LogP contribution in [0.1, 0.15) is 108 Å². The van der Waals surface area contributed by atoms with Gasteiger partial charge in [0.1, 0.15) is 12.2 Å². The van der Waals surface area contributed by atoms with Gasteiger partial charge in [-0.05, 0) is 92.6 Å². The summed E-state index contributed by atoms with van der Waals surface area (Å²) in [7, 11) is 1.97. The molecule has 1 aliphatic heterocycles. The Morgan fingerprint density at radius 1 is 1.13 bits per heavy atom. The number of hydrogen-bond acceptors (Lipinski definition) is 7. The van der Waals surface area contributed by atoms with Crippen molar-refractivity contribution < 1.29 is 28.9 Å². The first kappa shape index (κ1) is 36.6. The molecular formula is C40H65NO6. The van der Waals surface area contributed by atoms with Crippen LogP contribution < -0.4 is 5.32 Å². The molecule has 2 N–H and O–H groups in total. The number of fused-ring (bicyclic) bond motifs is 3. The molecule has 12 atom stereocenters. The second-order valence-corrected chi connectivity index (χ2v) is 18.3. The average Bonchev–Trinajstić information content (AvgIpc) is 2.97. The first-order chi connectivity index (χ1) is 21.7. The molecule has 1 saturated heterocycles. The lowest BCUT2D eigenvalue weighted by atomic mass is 9.34. The molecule has 0 aromatic heterocycles. The smallest absolute Gasteiger partial charge is 0.302 e. The fraction of sp³-hybridized carbons (Fsp3) is 0.850. The van der Waals surface area contributed by atoms with E-state index in [2.05, 4.69) is 81.1 Å². The predicted molar refractivity (Wildman–Crippen MR) is 186 cm³/mol. The highest BCUT2D eigenvalue weighted by atomic mass is 16.6. The zero-order chi connectivity index (χ0) is 35.1.